The van der Waals surface area contributed by atoms with Crippen LogP contribution in [0.2, 0.25) is 0 Å². The summed E-state index contributed by atoms with van der Waals surface area (Å²) in [5.74, 6) is 0. The largest absolute Gasteiger partial charge is 4.00 e. The number of rotatable bonds is 7. The van der Waals surface area contributed by atoms with E-state index in [-0.39, 0.29) is 30.6 Å². The Hall–Kier alpha value is 0.516. The van der Waals surface area contributed by atoms with Crippen LogP contribution >= 0.6 is 0 Å². The zero-order chi connectivity index (χ0) is 18.3. The van der Waals surface area contributed by atoms with Crippen LogP contribution in [0.4, 0.5) is 7.00 Å². The summed E-state index contributed by atoms with van der Waals surface area (Å²) in [6, 6.07) is 6.27. The number of hydrogen-bond acceptors (Lipinski definition) is 0. The Morgan fingerprint density at radius 1 is 0.667 bits per heavy atom. The van der Waals surface area contributed by atoms with Crippen molar-refractivity contribution in [2.75, 3.05) is 39.3 Å². The van der Waals surface area contributed by atoms with Gasteiger partial charge in [-0.15, -0.1) is 0 Å². The summed E-state index contributed by atoms with van der Waals surface area (Å²) >= 11 is -3.89. The summed E-state index contributed by atoms with van der Waals surface area (Å²) in [5.41, 5.74) is 0. The fraction of sp³-hybridized carbons (Fsp3) is 0.706. The van der Waals surface area contributed by atoms with E-state index in [0.29, 0.717) is 0 Å². The van der Waals surface area contributed by atoms with Crippen LogP contribution in [0, 0.1) is 0 Å². The van der Waals surface area contributed by atoms with Gasteiger partial charge in [-0.1, -0.05) is 41.5 Å². The van der Waals surface area contributed by atoms with Gasteiger partial charge in [0.15, 0.2) is 0 Å². The van der Waals surface area contributed by atoms with Crippen LogP contribution in [0.5, 0.6) is 0 Å². The second kappa shape index (κ2) is 31.3. The van der Waals surface area contributed by atoms with E-state index in [0.717, 1.165) is 39.3 Å². The van der Waals surface area contributed by atoms with Crippen LogP contribution in [0.25, 0.3) is 16.0 Å². The maximum absolute atomic E-state index is 11.8. The molecule has 0 unspecified atom stereocenters. The van der Waals surface area contributed by atoms with Gasteiger partial charge in [0.2, 0.25) is 0 Å². The first-order chi connectivity index (χ1) is 11.0. The molecule has 0 atom stereocenters. The van der Waals surface area contributed by atoms with Gasteiger partial charge in [-0.05, 0) is 0 Å². The molecule has 1 rings (SSSR count). The zero-order valence-electron chi connectivity index (χ0n) is 16.2. The second-order valence-corrected chi connectivity index (χ2v) is 6.75. The maximum atomic E-state index is 11.8. The third-order valence-corrected chi connectivity index (χ3v) is 4.15. The fourth-order valence-electron chi connectivity index (χ4n) is 1.21. The van der Waals surface area contributed by atoms with Crippen molar-refractivity contribution in [3.63, 3.8) is 0 Å². The maximum Gasteiger partial charge on any atom is 4.00 e. The van der Waals surface area contributed by atoms with Crippen LogP contribution in [-0.4, -0.2) is 54.5 Å². The summed E-state index contributed by atoms with van der Waals surface area (Å²) in [6.07, 6.45) is 0. The number of nitrogens with zero attached hydrogens (tertiary/aromatic N) is 3. The molecule has 1 aromatic carbocycles. The van der Waals surface area contributed by atoms with Gasteiger partial charge >= 0.3 is 77.1 Å². The molecule has 1 aromatic rings. The van der Waals surface area contributed by atoms with Gasteiger partial charge in [0.05, 0.1) is 0 Å². The minimum Gasteiger partial charge on any atom is 4.00 e. The van der Waals surface area contributed by atoms with Crippen LogP contribution in [0.15, 0.2) is 24.3 Å². The van der Waals surface area contributed by atoms with Gasteiger partial charge in [-0.25, -0.2) is 0 Å². The molecule has 0 bridgehead atoms. The van der Waals surface area contributed by atoms with Crippen LogP contribution in [-0.2, 0) is 26.2 Å². The Kier molecular flexibility index (Phi) is 42.0. The SMILES string of the molecule is CC[N-]CC.CC[N-]CC.CC[N-]CC.[F][GeH]([F])[c-]1cccc1.[Zr+4]. The Labute approximate surface area is 173 Å². The summed E-state index contributed by atoms with van der Waals surface area (Å²) in [7, 11) is 0. The fourth-order valence-corrected chi connectivity index (χ4v) is 2.28. The number of halogens is 2. The minimum atomic E-state index is -3.89. The quantitative estimate of drug-likeness (QED) is 0.389. The van der Waals surface area contributed by atoms with Crippen molar-refractivity contribution in [2.45, 2.75) is 41.5 Å². The summed E-state index contributed by atoms with van der Waals surface area (Å²) in [4.78, 5) is 0. The monoisotopic (exact) mass is 483 g/mol. The van der Waals surface area contributed by atoms with Crippen molar-refractivity contribution in [2.24, 2.45) is 0 Å². The first-order valence-electron chi connectivity index (χ1n) is 8.44. The smallest absolute Gasteiger partial charge is 4.00 e. The summed E-state index contributed by atoms with van der Waals surface area (Å²) in [6.45, 7) is 18.1. The second-order valence-electron chi connectivity index (χ2n) is 4.09. The molecule has 0 aromatic heterocycles. The zero-order valence-corrected chi connectivity index (χ0v) is 21.1. The molecule has 0 saturated heterocycles. The average molecular weight is 483 g/mol. The van der Waals surface area contributed by atoms with Crippen molar-refractivity contribution in [3.05, 3.63) is 40.2 Å². The van der Waals surface area contributed by atoms with E-state index < -0.39 is 15.3 Å². The molecule has 0 saturated carbocycles. The van der Waals surface area contributed by atoms with Crippen molar-refractivity contribution in [1.82, 2.24) is 0 Å². The predicted molar refractivity (Wildman–Crippen MR) is 104 cm³/mol. The van der Waals surface area contributed by atoms with Crippen molar-refractivity contribution in [1.29, 1.82) is 0 Å². The molecule has 0 aliphatic heterocycles. The van der Waals surface area contributed by atoms with E-state index >= 15 is 0 Å². The van der Waals surface area contributed by atoms with Gasteiger partial charge in [-0.2, -0.15) is 39.3 Å². The Morgan fingerprint density at radius 2 is 0.917 bits per heavy atom. The van der Waals surface area contributed by atoms with Crippen molar-refractivity contribution in [3.8, 4) is 0 Å². The molecule has 0 radical (unpaired) electrons. The van der Waals surface area contributed by atoms with E-state index in [1.165, 1.54) is 12.1 Å². The summed E-state index contributed by atoms with van der Waals surface area (Å²) in [5, 5.41) is 11.9. The van der Waals surface area contributed by atoms with Crippen LogP contribution < -0.4 is 4.40 Å². The molecule has 24 heavy (non-hydrogen) atoms. The first-order valence-corrected chi connectivity index (χ1v) is 11.5. The third-order valence-electron chi connectivity index (χ3n) is 2.28. The van der Waals surface area contributed by atoms with E-state index in [9.17, 15) is 7.00 Å². The normalized spacial score (nSPS) is 8.71. The van der Waals surface area contributed by atoms with Gasteiger partial charge in [0, 0.05) is 0 Å². The van der Waals surface area contributed by atoms with Gasteiger partial charge in [0.25, 0.3) is 0 Å². The van der Waals surface area contributed by atoms with E-state index in [2.05, 4.69) is 16.0 Å². The van der Waals surface area contributed by atoms with Crippen molar-refractivity contribution >= 4 is 19.7 Å². The standard InChI is InChI=1S/C5H5F2Ge.3C4H10N.Zr/c6-8(7)5-3-1-2-4-5;3*1-3-5-4-2;/h1-4,8H;3*3-4H2,1-2H3;/q4*-1;+4. The Morgan fingerprint density at radius 3 is 1.00 bits per heavy atom. The molecule has 7 heteroatoms. The molecule has 0 aliphatic rings. The van der Waals surface area contributed by atoms with Gasteiger partial charge in [-0.3, -0.25) is 0 Å². The third kappa shape index (κ3) is 34.0. The van der Waals surface area contributed by atoms with Crippen LogP contribution in [0.1, 0.15) is 41.5 Å². The van der Waals surface area contributed by atoms with E-state index in [4.69, 9.17) is 0 Å². The van der Waals surface area contributed by atoms with Gasteiger partial charge in [0.1, 0.15) is 0 Å². The predicted octanol–water partition coefficient (Wildman–Crippen LogP) is 4.97. The average Bonchev–Trinajstić information content (AvgIpc) is 3.06. The molecule has 0 N–H and O–H groups in total. The molecule has 0 amide bonds. The molecular formula is C17H35F2GeN3Zr. The van der Waals surface area contributed by atoms with E-state index in [1.807, 2.05) is 41.5 Å². The molecule has 0 heterocycles. The molecular weight excluding hydrogens is 448 g/mol. The van der Waals surface area contributed by atoms with Crippen LogP contribution in [0.3, 0.4) is 0 Å². The Balaban J connectivity index is -0.000000113. The number of hydrogen-bond donors (Lipinski definition) is 0. The molecule has 0 spiro atoms. The molecule has 0 aliphatic carbocycles. The molecule has 0 fully saturated rings. The topological polar surface area (TPSA) is 42.3 Å². The Bertz CT molecular complexity index is 257. The summed E-state index contributed by atoms with van der Waals surface area (Å²) < 4.78 is 23.9. The van der Waals surface area contributed by atoms with E-state index in [1.54, 1.807) is 12.1 Å². The van der Waals surface area contributed by atoms with Gasteiger partial charge < -0.3 is 16.0 Å². The van der Waals surface area contributed by atoms with Crippen molar-refractivity contribution < 1.29 is 33.2 Å². The molecule has 140 valence electrons. The minimum absolute atomic E-state index is 0. The molecule has 3 nitrogen and oxygen atoms in total. The first kappa shape index (κ1) is 32.2.